The van der Waals surface area contributed by atoms with E-state index in [9.17, 15) is 4.79 Å². The second-order valence-electron chi connectivity index (χ2n) is 5.60. The Morgan fingerprint density at radius 1 is 1.11 bits per heavy atom. The van der Waals surface area contributed by atoms with Crippen molar-refractivity contribution in [1.82, 2.24) is 10.2 Å². The summed E-state index contributed by atoms with van der Waals surface area (Å²) in [6.07, 6.45) is 0. The van der Waals surface area contributed by atoms with Crippen LogP contribution in [0, 0.1) is 6.92 Å². The molecule has 2 aromatic carbocycles. The van der Waals surface area contributed by atoms with E-state index in [1.165, 1.54) is 11.8 Å². The minimum atomic E-state index is -0.145. The summed E-state index contributed by atoms with van der Waals surface area (Å²) in [4.78, 5) is 12.0. The third kappa shape index (κ3) is 5.49. The number of ether oxygens (including phenoxy) is 2. The van der Waals surface area contributed by atoms with Gasteiger partial charge in [0.05, 0.1) is 12.9 Å². The second kappa shape index (κ2) is 9.09. The third-order valence-corrected chi connectivity index (χ3v) is 4.35. The highest BCUT2D eigenvalue weighted by Gasteiger charge is 2.11. The fourth-order valence-electron chi connectivity index (χ4n) is 2.19. The second-order valence-corrected chi connectivity index (χ2v) is 6.53. The number of para-hydroxylation sites is 2. The van der Waals surface area contributed by atoms with Crippen molar-refractivity contribution in [3.8, 4) is 11.5 Å². The van der Waals surface area contributed by atoms with Crippen molar-refractivity contribution in [3.05, 3.63) is 60.0 Å². The number of hydrogen-bond acceptors (Lipinski definition) is 7. The maximum atomic E-state index is 12.0. The van der Waals surface area contributed by atoms with E-state index in [-0.39, 0.29) is 18.3 Å². The summed E-state index contributed by atoms with van der Waals surface area (Å²) in [7, 11) is 1.57. The molecule has 0 aliphatic carbocycles. The van der Waals surface area contributed by atoms with Crippen LogP contribution >= 0.6 is 11.8 Å². The Bertz CT molecular complexity index is 896. The van der Waals surface area contributed by atoms with Gasteiger partial charge >= 0.3 is 0 Å². The van der Waals surface area contributed by atoms with Gasteiger partial charge in [-0.25, -0.2) is 0 Å². The quantitative estimate of drug-likeness (QED) is 0.592. The first-order chi connectivity index (χ1) is 13.1. The molecule has 0 saturated heterocycles. The molecule has 0 saturated carbocycles. The van der Waals surface area contributed by atoms with Crippen molar-refractivity contribution in [1.29, 1.82) is 0 Å². The van der Waals surface area contributed by atoms with E-state index < -0.39 is 0 Å². The largest absolute Gasteiger partial charge is 0.493 e. The van der Waals surface area contributed by atoms with E-state index in [0.717, 1.165) is 11.3 Å². The van der Waals surface area contributed by atoms with Gasteiger partial charge in [-0.1, -0.05) is 41.6 Å². The predicted octanol–water partition coefficient (Wildman–Crippen LogP) is 3.70. The minimum Gasteiger partial charge on any atom is -0.493 e. The molecule has 0 aliphatic heterocycles. The van der Waals surface area contributed by atoms with Gasteiger partial charge in [0.1, 0.15) is 0 Å². The standard InChI is InChI=1S/C19H19N3O4S/c1-13-7-9-14(10-8-13)20-17(23)12-27-19-22-21-18(26-19)11-25-16-6-4-3-5-15(16)24-2/h3-10H,11-12H2,1-2H3,(H,20,23). The van der Waals surface area contributed by atoms with Gasteiger partial charge in [0.15, 0.2) is 18.1 Å². The van der Waals surface area contributed by atoms with E-state index in [4.69, 9.17) is 13.9 Å². The zero-order valence-electron chi connectivity index (χ0n) is 15.0. The highest BCUT2D eigenvalue weighted by atomic mass is 32.2. The molecule has 140 valence electrons. The van der Waals surface area contributed by atoms with Gasteiger partial charge in [0, 0.05) is 5.69 Å². The Labute approximate surface area is 161 Å². The topological polar surface area (TPSA) is 86.5 Å². The summed E-state index contributed by atoms with van der Waals surface area (Å²) in [5, 5.41) is 11.0. The molecule has 0 atom stereocenters. The summed E-state index contributed by atoms with van der Waals surface area (Å²) >= 11 is 1.17. The lowest BCUT2D eigenvalue weighted by molar-refractivity contribution is -0.113. The molecule has 7 nitrogen and oxygen atoms in total. The lowest BCUT2D eigenvalue weighted by Gasteiger charge is -2.07. The van der Waals surface area contributed by atoms with Crippen LogP contribution in [0.25, 0.3) is 0 Å². The number of methoxy groups -OCH3 is 1. The number of anilines is 1. The fraction of sp³-hybridized carbons (Fsp3) is 0.211. The van der Waals surface area contributed by atoms with Crippen molar-refractivity contribution in [2.75, 3.05) is 18.2 Å². The highest BCUT2D eigenvalue weighted by molar-refractivity contribution is 7.99. The SMILES string of the molecule is COc1ccccc1OCc1nnc(SCC(=O)Nc2ccc(C)cc2)o1. The van der Waals surface area contributed by atoms with Gasteiger partial charge in [-0.05, 0) is 31.2 Å². The zero-order chi connectivity index (χ0) is 19.1. The van der Waals surface area contributed by atoms with E-state index in [1.807, 2.05) is 43.3 Å². The first-order valence-corrected chi connectivity index (χ1v) is 9.20. The molecular weight excluding hydrogens is 366 g/mol. The first-order valence-electron chi connectivity index (χ1n) is 8.21. The molecule has 0 radical (unpaired) electrons. The molecule has 8 heteroatoms. The van der Waals surface area contributed by atoms with Crippen molar-refractivity contribution in [2.24, 2.45) is 0 Å². The van der Waals surface area contributed by atoms with Crippen LogP contribution in [-0.2, 0) is 11.4 Å². The number of nitrogens with zero attached hydrogens (tertiary/aromatic N) is 2. The molecule has 0 fully saturated rings. The number of carbonyl (C=O) groups excluding carboxylic acids is 1. The van der Waals surface area contributed by atoms with Crippen molar-refractivity contribution >= 4 is 23.4 Å². The number of thioether (sulfide) groups is 1. The average Bonchev–Trinajstić information content (AvgIpc) is 3.15. The number of aryl methyl sites for hydroxylation is 1. The number of carbonyl (C=O) groups is 1. The summed E-state index contributed by atoms with van der Waals surface area (Å²) in [6, 6.07) is 14.9. The molecular formula is C19H19N3O4S. The Hall–Kier alpha value is -3.00. The summed E-state index contributed by atoms with van der Waals surface area (Å²) < 4.78 is 16.3. The number of amides is 1. The predicted molar refractivity (Wildman–Crippen MR) is 102 cm³/mol. The van der Waals surface area contributed by atoms with Crippen LogP contribution in [0.2, 0.25) is 0 Å². The Balaban J connectivity index is 1.47. The van der Waals surface area contributed by atoms with E-state index in [1.54, 1.807) is 19.2 Å². The first kappa shape index (κ1) is 18.8. The van der Waals surface area contributed by atoms with Gasteiger partial charge in [0.2, 0.25) is 5.91 Å². The highest BCUT2D eigenvalue weighted by Crippen LogP contribution is 2.26. The van der Waals surface area contributed by atoms with Crippen LogP contribution in [0.4, 0.5) is 5.69 Å². The molecule has 0 bridgehead atoms. The normalized spacial score (nSPS) is 10.4. The number of hydrogen-bond donors (Lipinski definition) is 1. The molecule has 1 heterocycles. The fourth-order valence-corrected chi connectivity index (χ4v) is 2.77. The van der Waals surface area contributed by atoms with Crippen LogP contribution < -0.4 is 14.8 Å². The van der Waals surface area contributed by atoms with Crippen LogP contribution in [0.3, 0.4) is 0 Å². The smallest absolute Gasteiger partial charge is 0.277 e. The van der Waals surface area contributed by atoms with Crippen LogP contribution in [-0.4, -0.2) is 29.0 Å². The lowest BCUT2D eigenvalue weighted by Crippen LogP contribution is -2.13. The van der Waals surface area contributed by atoms with Gasteiger partial charge in [-0.2, -0.15) is 0 Å². The molecule has 0 unspecified atom stereocenters. The summed E-state index contributed by atoms with van der Waals surface area (Å²) in [5.41, 5.74) is 1.89. The molecule has 27 heavy (non-hydrogen) atoms. The monoisotopic (exact) mass is 385 g/mol. The summed E-state index contributed by atoms with van der Waals surface area (Å²) in [5.74, 6) is 1.56. The van der Waals surface area contributed by atoms with Gasteiger partial charge in [0.25, 0.3) is 11.1 Å². The van der Waals surface area contributed by atoms with Crippen LogP contribution in [0.1, 0.15) is 11.5 Å². The number of nitrogens with one attached hydrogen (secondary N) is 1. The lowest BCUT2D eigenvalue weighted by atomic mass is 10.2. The van der Waals surface area contributed by atoms with Crippen molar-refractivity contribution in [2.45, 2.75) is 18.8 Å². The Morgan fingerprint density at radius 2 is 1.85 bits per heavy atom. The molecule has 1 aromatic heterocycles. The number of aromatic nitrogens is 2. The van der Waals surface area contributed by atoms with Gasteiger partial charge in [-0.15, -0.1) is 10.2 Å². The van der Waals surface area contributed by atoms with E-state index >= 15 is 0 Å². The molecule has 1 amide bonds. The van der Waals surface area contributed by atoms with Crippen LogP contribution in [0.15, 0.2) is 58.2 Å². The summed E-state index contributed by atoms with van der Waals surface area (Å²) in [6.45, 7) is 2.11. The minimum absolute atomic E-state index is 0.115. The zero-order valence-corrected chi connectivity index (χ0v) is 15.8. The van der Waals surface area contributed by atoms with E-state index in [2.05, 4.69) is 15.5 Å². The van der Waals surface area contributed by atoms with Gasteiger partial charge < -0.3 is 19.2 Å². The van der Waals surface area contributed by atoms with E-state index in [0.29, 0.717) is 22.6 Å². The van der Waals surface area contributed by atoms with Crippen molar-refractivity contribution in [3.63, 3.8) is 0 Å². The molecule has 1 N–H and O–H groups in total. The van der Waals surface area contributed by atoms with Crippen LogP contribution in [0.5, 0.6) is 11.5 Å². The Kier molecular flexibility index (Phi) is 6.32. The third-order valence-electron chi connectivity index (χ3n) is 3.53. The van der Waals surface area contributed by atoms with Gasteiger partial charge in [-0.3, -0.25) is 4.79 Å². The Morgan fingerprint density at radius 3 is 2.59 bits per heavy atom. The molecule has 0 spiro atoms. The number of benzene rings is 2. The maximum absolute atomic E-state index is 12.0. The molecule has 3 aromatic rings. The average molecular weight is 385 g/mol. The number of rotatable bonds is 8. The van der Waals surface area contributed by atoms with Crippen molar-refractivity contribution < 1.29 is 18.7 Å². The maximum Gasteiger partial charge on any atom is 0.277 e. The molecule has 3 rings (SSSR count). The molecule has 0 aliphatic rings.